The molecule has 0 atom stereocenters. The fraction of sp³-hybridized carbons (Fsp3) is 0.417. The SMILES string of the molecule is COCCCn1nnnc1-c1cccc(N)c1C. The second-order valence-corrected chi connectivity index (χ2v) is 4.09. The third-order valence-corrected chi connectivity index (χ3v) is 2.87. The van der Waals surface area contributed by atoms with E-state index in [9.17, 15) is 0 Å². The van der Waals surface area contributed by atoms with E-state index in [1.807, 2.05) is 25.1 Å². The first-order chi connectivity index (χ1) is 8.74. The summed E-state index contributed by atoms with van der Waals surface area (Å²) in [5, 5.41) is 11.8. The number of aromatic nitrogens is 4. The van der Waals surface area contributed by atoms with Crippen molar-refractivity contribution >= 4 is 5.69 Å². The van der Waals surface area contributed by atoms with E-state index < -0.39 is 0 Å². The van der Waals surface area contributed by atoms with Crippen LogP contribution in [0.25, 0.3) is 11.4 Å². The predicted molar refractivity (Wildman–Crippen MR) is 68.9 cm³/mol. The number of methoxy groups -OCH3 is 1. The van der Waals surface area contributed by atoms with Gasteiger partial charge in [-0.15, -0.1) is 5.10 Å². The van der Waals surface area contributed by atoms with E-state index in [4.69, 9.17) is 10.5 Å². The number of nitrogens with two attached hydrogens (primary N) is 1. The lowest BCUT2D eigenvalue weighted by Crippen LogP contribution is -2.06. The van der Waals surface area contributed by atoms with Gasteiger partial charge in [0.05, 0.1) is 0 Å². The van der Waals surface area contributed by atoms with Gasteiger partial charge in [0.1, 0.15) is 0 Å². The highest BCUT2D eigenvalue weighted by Crippen LogP contribution is 2.24. The molecule has 1 heterocycles. The van der Waals surface area contributed by atoms with Gasteiger partial charge in [0, 0.05) is 31.5 Å². The Morgan fingerprint density at radius 3 is 3.00 bits per heavy atom. The Hall–Kier alpha value is -1.95. The summed E-state index contributed by atoms with van der Waals surface area (Å²) >= 11 is 0. The highest BCUT2D eigenvalue weighted by Gasteiger charge is 2.12. The summed E-state index contributed by atoms with van der Waals surface area (Å²) in [4.78, 5) is 0. The molecular weight excluding hydrogens is 230 g/mol. The lowest BCUT2D eigenvalue weighted by atomic mass is 10.1. The standard InChI is InChI=1S/C12H17N5O/c1-9-10(5-3-6-11(9)13)12-14-15-16-17(12)7-4-8-18-2/h3,5-6H,4,7-8,13H2,1-2H3. The summed E-state index contributed by atoms with van der Waals surface area (Å²) in [6.45, 7) is 3.39. The fourth-order valence-corrected chi connectivity index (χ4v) is 1.80. The molecule has 2 N–H and O–H groups in total. The quantitative estimate of drug-likeness (QED) is 0.635. The maximum atomic E-state index is 5.90. The van der Waals surface area contributed by atoms with Crippen molar-refractivity contribution in [3.63, 3.8) is 0 Å². The zero-order chi connectivity index (χ0) is 13.0. The van der Waals surface area contributed by atoms with Crippen molar-refractivity contribution in [2.45, 2.75) is 19.9 Å². The number of tetrazole rings is 1. The average molecular weight is 247 g/mol. The molecule has 6 heteroatoms. The highest BCUT2D eigenvalue weighted by molar-refractivity contribution is 5.67. The van der Waals surface area contributed by atoms with E-state index in [0.717, 1.165) is 35.6 Å². The van der Waals surface area contributed by atoms with Crippen molar-refractivity contribution in [2.75, 3.05) is 19.5 Å². The van der Waals surface area contributed by atoms with Crippen molar-refractivity contribution in [3.8, 4) is 11.4 Å². The lowest BCUT2D eigenvalue weighted by molar-refractivity contribution is 0.189. The summed E-state index contributed by atoms with van der Waals surface area (Å²) in [6, 6.07) is 5.76. The smallest absolute Gasteiger partial charge is 0.182 e. The Balaban J connectivity index is 2.28. The van der Waals surface area contributed by atoms with Crippen LogP contribution in [0.1, 0.15) is 12.0 Å². The van der Waals surface area contributed by atoms with Crippen LogP contribution < -0.4 is 5.73 Å². The third kappa shape index (κ3) is 2.48. The number of anilines is 1. The third-order valence-electron chi connectivity index (χ3n) is 2.87. The first kappa shape index (κ1) is 12.5. The molecule has 0 unspecified atom stereocenters. The summed E-state index contributed by atoms with van der Waals surface area (Å²) < 4.78 is 6.81. The molecular formula is C12H17N5O. The van der Waals surface area contributed by atoms with Gasteiger partial charge in [0.25, 0.3) is 0 Å². The van der Waals surface area contributed by atoms with Crippen LogP contribution >= 0.6 is 0 Å². The summed E-state index contributed by atoms with van der Waals surface area (Å²) in [6.07, 6.45) is 0.871. The van der Waals surface area contributed by atoms with E-state index >= 15 is 0 Å². The number of ether oxygens (including phenoxy) is 1. The molecule has 0 aliphatic heterocycles. The Morgan fingerprint density at radius 1 is 1.39 bits per heavy atom. The maximum absolute atomic E-state index is 5.90. The minimum atomic E-state index is 0.690. The number of aryl methyl sites for hydroxylation is 1. The molecule has 1 aromatic carbocycles. The van der Waals surface area contributed by atoms with Crippen LogP contribution in [-0.4, -0.2) is 33.9 Å². The van der Waals surface area contributed by atoms with E-state index in [0.29, 0.717) is 6.61 Å². The Bertz CT molecular complexity index is 523. The summed E-state index contributed by atoms with van der Waals surface area (Å²) in [5.41, 5.74) is 8.62. The largest absolute Gasteiger partial charge is 0.398 e. The van der Waals surface area contributed by atoms with Crippen molar-refractivity contribution < 1.29 is 4.74 Å². The van der Waals surface area contributed by atoms with E-state index in [1.54, 1.807) is 11.8 Å². The summed E-state index contributed by atoms with van der Waals surface area (Å²) in [5.74, 6) is 0.746. The summed E-state index contributed by atoms with van der Waals surface area (Å²) in [7, 11) is 1.68. The van der Waals surface area contributed by atoms with Crippen LogP contribution in [-0.2, 0) is 11.3 Å². The van der Waals surface area contributed by atoms with Crippen LogP contribution in [0.4, 0.5) is 5.69 Å². The minimum Gasteiger partial charge on any atom is -0.398 e. The van der Waals surface area contributed by atoms with Gasteiger partial charge in [-0.05, 0) is 35.4 Å². The average Bonchev–Trinajstić information content (AvgIpc) is 2.81. The van der Waals surface area contributed by atoms with Crippen LogP contribution in [0, 0.1) is 6.92 Å². The van der Waals surface area contributed by atoms with Gasteiger partial charge in [-0.25, -0.2) is 4.68 Å². The molecule has 0 saturated heterocycles. The number of hydrogen-bond donors (Lipinski definition) is 1. The Morgan fingerprint density at radius 2 is 2.22 bits per heavy atom. The minimum absolute atomic E-state index is 0.690. The number of nitrogen functional groups attached to an aromatic ring is 1. The Kier molecular flexibility index (Phi) is 3.88. The van der Waals surface area contributed by atoms with E-state index in [-0.39, 0.29) is 0 Å². The molecule has 0 bridgehead atoms. The molecule has 0 radical (unpaired) electrons. The van der Waals surface area contributed by atoms with Crippen LogP contribution in [0.5, 0.6) is 0 Å². The van der Waals surface area contributed by atoms with Crippen molar-refractivity contribution in [1.29, 1.82) is 0 Å². The molecule has 96 valence electrons. The molecule has 0 aliphatic carbocycles. The Labute approximate surface area is 106 Å². The lowest BCUT2D eigenvalue weighted by Gasteiger charge is -2.08. The monoisotopic (exact) mass is 247 g/mol. The van der Waals surface area contributed by atoms with Crippen LogP contribution in [0.15, 0.2) is 18.2 Å². The van der Waals surface area contributed by atoms with Gasteiger partial charge < -0.3 is 10.5 Å². The zero-order valence-corrected chi connectivity index (χ0v) is 10.6. The molecule has 0 amide bonds. The molecule has 0 saturated carbocycles. The van der Waals surface area contributed by atoms with Gasteiger partial charge in [-0.2, -0.15) is 0 Å². The molecule has 1 aromatic heterocycles. The van der Waals surface area contributed by atoms with Gasteiger partial charge >= 0.3 is 0 Å². The van der Waals surface area contributed by atoms with Gasteiger partial charge in [0.15, 0.2) is 5.82 Å². The first-order valence-electron chi connectivity index (χ1n) is 5.84. The number of rotatable bonds is 5. The molecule has 0 spiro atoms. The normalized spacial score (nSPS) is 10.8. The molecule has 0 aliphatic rings. The van der Waals surface area contributed by atoms with Gasteiger partial charge in [-0.1, -0.05) is 12.1 Å². The van der Waals surface area contributed by atoms with Gasteiger partial charge in [-0.3, -0.25) is 0 Å². The number of benzene rings is 1. The van der Waals surface area contributed by atoms with Crippen molar-refractivity contribution in [1.82, 2.24) is 20.2 Å². The molecule has 0 fully saturated rings. The van der Waals surface area contributed by atoms with Crippen LogP contribution in [0.3, 0.4) is 0 Å². The zero-order valence-electron chi connectivity index (χ0n) is 10.6. The molecule has 2 rings (SSSR count). The maximum Gasteiger partial charge on any atom is 0.182 e. The van der Waals surface area contributed by atoms with Crippen LogP contribution in [0.2, 0.25) is 0 Å². The van der Waals surface area contributed by atoms with Crippen molar-refractivity contribution in [3.05, 3.63) is 23.8 Å². The van der Waals surface area contributed by atoms with E-state index in [2.05, 4.69) is 15.5 Å². The molecule has 18 heavy (non-hydrogen) atoms. The number of nitrogens with zero attached hydrogens (tertiary/aromatic N) is 4. The molecule has 6 nitrogen and oxygen atoms in total. The first-order valence-corrected chi connectivity index (χ1v) is 5.84. The number of hydrogen-bond acceptors (Lipinski definition) is 5. The second-order valence-electron chi connectivity index (χ2n) is 4.09. The van der Waals surface area contributed by atoms with Crippen molar-refractivity contribution in [2.24, 2.45) is 0 Å². The topological polar surface area (TPSA) is 78.8 Å². The van der Waals surface area contributed by atoms with Gasteiger partial charge in [0.2, 0.25) is 0 Å². The van der Waals surface area contributed by atoms with E-state index in [1.165, 1.54) is 0 Å². The molecule has 2 aromatic rings. The predicted octanol–water partition coefficient (Wildman–Crippen LogP) is 1.27. The fourth-order valence-electron chi connectivity index (χ4n) is 1.80. The second kappa shape index (κ2) is 5.59. The highest BCUT2D eigenvalue weighted by atomic mass is 16.5.